The van der Waals surface area contributed by atoms with Crippen molar-refractivity contribution in [3.8, 4) is 11.4 Å². The van der Waals surface area contributed by atoms with E-state index in [0.717, 1.165) is 39.8 Å². The van der Waals surface area contributed by atoms with Crippen LogP contribution in [0.2, 0.25) is 0 Å². The largest absolute Gasteiger partial charge is 0.399 e. The SMILES string of the molecule is Cc1ccc(-c2csc(Cc3cc(C)c(N)cc3C)n2)nn1. The lowest BCUT2D eigenvalue weighted by molar-refractivity contribution is 0.980. The zero-order chi connectivity index (χ0) is 15.7. The van der Waals surface area contributed by atoms with Crippen molar-refractivity contribution in [3.05, 3.63) is 57.0 Å². The molecule has 112 valence electrons. The van der Waals surface area contributed by atoms with Crippen molar-refractivity contribution in [3.63, 3.8) is 0 Å². The number of thiazole rings is 1. The second-order valence-electron chi connectivity index (χ2n) is 5.50. The molecule has 0 aliphatic carbocycles. The van der Waals surface area contributed by atoms with Crippen LogP contribution in [-0.2, 0) is 6.42 Å². The van der Waals surface area contributed by atoms with E-state index in [0.29, 0.717) is 0 Å². The van der Waals surface area contributed by atoms with E-state index in [2.05, 4.69) is 28.2 Å². The molecule has 2 N–H and O–H groups in total. The molecular formula is C17H18N4S. The van der Waals surface area contributed by atoms with E-state index in [1.54, 1.807) is 11.3 Å². The van der Waals surface area contributed by atoms with Crippen molar-refractivity contribution in [2.75, 3.05) is 5.73 Å². The van der Waals surface area contributed by atoms with E-state index in [9.17, 15) is 0 Å². The number of aromatic nitrogens is 3. The van der Waals surface area contributed by atoms with Crippen LogP contribution in [0.4, 0.5) is 5.69 Å². The number of benzene rings is 1. The van der Waals surface area contributed by atoms with Crippen LogP contribution in [0.25, 0.3) is 11.4 Å². The molecule has 1 aromatic carbocycles. The molecule has 0 radical (unpaired) electrons. The number of rotatable bonds is 3. The van der Waals surface area contributed by atoms with E-state index >= 15 is 0 Å². The summed E-state index contributed by atoms with van der Waals surface area (Å²) in [6.07, 6.45) is 0.816. The minimum atomic E-state index is 0.816. The number of nitrogen functional groups attached to an aromatic ring is 1. The van der Waals surface area contributed by atoms with Gasteiger partial charge in [-0.3, -0.25) is 0 Å². The number of hydrogen-bond donors (Lipinski definition) is 1. The lowest BCUT2D eigenvalue weighted by Gasteiger charge is -2.08. The monoisotopic (exact) mass is 310 g/mol. The van der Waals surface area contributed by atoms with Gasteiger partial charge in [-0.25, -0.2) is 4.98 Å². The van der Waals surface area contributed by atoms with Crippen LogP contribution < -0.4 is 5.73 Å². The fraction of sp³-hybridized carbons (Fsp3) is 0.235. The second-order valence-corrected chi connectivity index (χ2v) is 6.44. The third kappa shape index (κ3) is 2.99. The Kier molecular flexibility index (Phi) is 3.90. The molecule has 0 aliphatic heterocycles. The van der Waals surface area contributed by atoms with Crippen LogP contribution in [0.3, 0.4) is 0 Å². The van der Waals surface area contributed by atoms with Crippen molar-refractivity contribution in [1.29, 1.82) is 0 Å². The minimum Gasteiger partial charge on any atom is -0.399 e. The Hall–Kier alpha value is -2.27. The molecule has 0 saturated heterocycles. The van der Waals surface area contributed by atoms with Crippen molar-refractivity contribution >= 4 is 17.0 Å². The van der Waals surface area contributed by atoms with E-state index in [-0.39, 0.29) is 0 Å². The van der Waals surface area contributed by atoms with Crippen molar-refractivity contribution in [1.82, 2.24) is 15.2 Å². The Labute approximate surface area is 134 Å². The summed E-state index contributed by atoms with van der Waals surface area (Å²) in [5, 5.41) is 11.4. The summed E-state index contributed by atoms with van der Waals surface area (Å²) in [6.45, 7) is 6.05. The van der Waals surface area contributed by atoms with Gasteiger partial charge in [0.2, 0.25) is 0 Å². The molecular weight excluding hydrogens is 292 g/mol. The first-order chi connectivity index (χ1) is 10.5. The number of aryl methyl sites for hydroxylation is 3. The van der Waals surface area contributed by atoms with Crippen LogP contribution in [0.1, 0.15) is 27.4 Å². The summed E-state index contributed by atoms with van der Waals surface area (Å²) in [5.41, 5.74) is 13.0. The molecule has 0 atom stereocenters. The van der Waals surface area contributed by atoms with Crippen LogP contribution in [0.15, 0.2) is 29.6 Å². The third-order valence-electron chi connectivity index (χ3n) is 3.68. The van der Waals surface area contributed by atoms with Crippen LogP contribution in [-0.4, -0.2) is 15.2 Å². The maximum atomic E-state index is 5.95. The summed E-state index contributed by atoms with van der Waals surface area (Å²) < 4.78 is 0. The minimum absolute atomic E-state index is 0.816. The Bertz CT molecular complexity index is 806. The summed E-state index contributed by atoms with van der Waals surface area (Å²) in [7, 11) is 0. The van der Waals surface area contributed by atoms with Gasteiger partial charge in [0, 0.05) is 17.5 Å². The molecule has 0 amide bonds. The standard InChI is InChI=1S/C17H18N4S/c1-10-7-14(18)11(2)6-13(10)8-17-19-16(9-22-17)15-5-4-12(3)20-21-15/h4-7,9H,8,18H2,1-3H3. The second kappa shape index (κ2) is 5.85. The fourth-order valence-corrected chi connectivity index (χ4v) is 3.11. The topological polar surface area (TPSA) is 64.7 Å². The summed E-state index contributed by atoms with van der Waals surface area (Å²) in [4.78, 5) is 4.68. The summed E-state index contributed by atoms with van der Waals surface area (Å²) >= 11 is 1.65. The number of nitrogens with two attached hydrogens (primary N) is 1. The zero-order valence-electron chi connectivity index (χ0n) is 12.9. The zero-order valence-corrected chi connectivity index (χ0v) is 13.7. The fourth-order valence-electron chi connectivity index (χ4n) is 2.30. The lowest BCUT2D eigenvalue weighted by atomic mass is 10.0. The quantitative estimate of drug-likeness (QED) is 0.749. The smallest absolute Gasteiger partial charge is 0.112 e. The molecule has 3 rings (SSSR count). The van der Waals surface area contributed by atoms with Crippen molar-refractivity contribution < 1.29 is 0 Å². The molecule has 0 bridgehead atoms. The molecule has 0 saturated carbocycles. The van der Waals surface area contributed by atoms with Crippen LogP contribution in [0.5, 0.6) is 0 Å². The number of nitrogens with zero attached hydrogens (tertiary/aromatic N) is 3. The van der Waals surface area contributed by atoms with Gasteiger partial charge in [-0.1, -0.05) is 6.07 Å². The Morgan fingerprint density at radius 2 is 1.82 bits per heavy atom. The van der Waals surface area contributed by atoms with E-state index < -0.39 is 0 Å². The molecule has 4 nitrogen and oxygen atoms in total. The van der Waals surface area contributed by atoms with Gasteiger partial charge in [0.15, 0.2) is 0 Å². The van der Waals surface area contributed by atoms with Gasteiger partial charge in [-0.05, 0) is 55.7 Å². The highest BCUT2D eigenvalue weighted by molar-refractivity contribution is 7.10. The average molecular weight is 310 g/mol. The predicted molar refractivity (Wildman–Crippen MR) is 91.0 cm³/mol. The highest BCUT2D eigenvalue weighted by Crippen LogP contribution is 2.24. The Morgan fingerprint density at radius 1 is 1.00 bits per heavy atom. The van der Waals surface area contributed by atoms with Gasteiger partial charge >= 0.3 is 0 Å². The van der Waals surface area contributed by atoms with Gasteiger partial charge in [-0.2, -0.15) is 5.10 Å². The number of anilines is 1. The molecule has 3 aromatic rings. The molecule has 0 unspecified atom stereocenters. The van der Waals surface area contributed by atoms with Crippen LogP contribution in [0, 0.1) is 20.8 Å². The lowest BCUT2D eigenvalue weighted by Crippen LogP contribution is -1.97. The predicted octanol–water partition coefficient (Wildman–Crippen LogP) is 3.70. The highest BCUT2D eigenvalue weighted by atomic mass is 32.1. The normalized spacial score (nSPS) is 10.9. The molecule has 0 fully saturated rings. The first-order valence-corrected chi connectivity index (χ1v) is 8.01. The maximum absolute atomic E-state index is 5.95. The highest BCUT2D eigenvalue weighted by Gasteiger charge is 2.09. The van der Waals surface area contributed by atoms with Gasteiger partial charge in [0.1, 0.15) is 11.4 Å². The molecule has 5 heteroatoms. The molecule has 2 aromatic heterocycles. The molecule has 0 aliphatic rings. The molecule has 2 heterocycles. The van der Waals surface area contributed by atoms with Gasteiger partial charge in [-0.15, -0.1) is 16.4 Å². The van der Waals surface area contributed by atoms with Gasteiger partial charge in [0.25, 0.3) is 0 Å². The first kappa shape index (κ1) is 14.7. The average Bonchev–Trinajstić information content (AvgIpc) is 2.94. The first-order valence-electron chi connectivity index (χ1n) is 7.13. The van der Waals surface area contributed by atoms with E-state index in [1.165, 1.54) is 11.1 Å². The summed E-state index contributed by atoms with van der Waals surface area (Å²) in [5.74, 6) is 0. The molecule has 22 heavy (non-hydrogen) atoms. The van der Waals surface area contributed by atoms with Crippen LogP contribution >= 0.6 is 11.3 Å². The van der Waals surface area contributed by atoms with E-state index in [4.69, 9.17) is 5.73 Å². The van der Waals surface area contributed by atoms with Gasteiger partial charge in [0.05, 0.1) is 10.7 Å². The maximum Gasteiger partial charge on any atom is 0.112 e. The third-order valence-corrected chi connectivity index (χ3v) is 4.53. The van der Waals surface area contributed by atoms with Crippen molar-refractivity contribution in [2.45, 2.75) is 27.2 Å². The number of hydrogen-bond acceptors (Lipinski definition) is 5. The van der Waals surface area contributed by atoms with E-state index in [1.807, 2.05) is 37.4 Å². The van der Waals surface area contributed by atoms with Crippen molar-refractivity contribution in [2.24, 2.45) is 0 Å². The van der Waals surface area contributed by atoms with Gasteiger partial charge < -0.3 is 5.73 Å². The Balaban J connectivity index is 1.86. The molecule has 0 spiro atoms. The summed E-state index contributed by atoms with van der Waals surface area (Å²) in [6, 6.07) is 8.09. The Morgan fingerprint density at radius 3 is 2.55 bits per heavy atom.